The highest BCUT2D eigenvalue weighted by Crippen LogP contribution is 2.42. The van der Waals surface area contributed by atoms with E-state index in [1.54, 1.807) is 4.90 Å². The van der Waals surface area contributed by atoms with E-state index in [1.807, 2.05) is 40.4 Å². The number of likely N-dealkylation sites (tertiary alicyclic amines) is 1. The molecule has 138 valence electrons. The van der Waals surface area contributed by atoms with E-state index in [0.29, 0.717) is 6.04 Å². The van der Waals surface area contributed by atoms with Crippen molar-refractivity contribution in [1.82, 2.24) is 24.6 Å². The van der Waals surface area contributed by atoms with Gasteiger partial charge in [0.2, 0.25) is 0 Å². The molecule has 2 amide bonds. The number of nitrogens with zero attached hydrogens (tertiary/aromatic N) is 6. The number of urea groups is 1. The Labute approximate surface area is 157 Å². The Hall–Kier alpha value is -1.93. The molecule has 1 unspecified atom stereocenters. The molecule has 1 saturated carbocycles. The number of anilines is 1. The molecule has 26 heavy (non-hydrogen) atoms. The molecule has 0 bridgehead atoms. The molecule has 0 spiro atoms. The van der Waals surface area contributed by atoms with Crippen LogP contribution in [0.3, 0.4) is 0 Å². The van der Waals surface area contributed by atoms with Crippen LogP contribution in [0.2, 0.25) is 0 Å². The van der Waals surface area contributed by atoms with E-state index in [-0.39, 0.29) is 6.03 Å². The van der Waals surface area contributed by atoms with Crippen LogP contribution in [0.25, 0.3) is 0 Å². The van der Waals surface area contributed by atoms with Gasteiger partial charge in [-0.1, -0.05) is 0 Å². The van der Waals surface area contributed by atoms with Crippen molar-refractivity contribution < 1.29 is 4.79 Å². The van der Waals surface area contributed by atoms with E-state index < -0.39 is 0 Å². The van der Waals surface area contributed by atoms with Gasteiger partial charge in [-0.15, -0.1) is 11.3 Å². The number of likely N-dealkylation sites (N-methyl/N-ethyl adjacent to an activating group) is 1. The van der Waals surface area contributed by atoms with E-state index in [9.17, 15) is 4.79 Å². The molecule has 1 atom stereocenters. The molecule has 3 fully saturated rings. The largest absolute Gasteiger partial charge is 0.326 e. The molecule has 5 rings (SSSR count). The van der Waals surface area contributed by atoms with Gasteiger partial charge in [-0.2, -0.15) is 5.10 Å². The summed E-state index contributed by atoms with van der Waals surface area (Å²) in [5, 5.41) is 5.87. The van der Waals surface area contributed by atoms with Crippen LogP contribution >= 0.6 is 11.3 Å². The lowest BCUT2D eigenvalue weighted by atomic mass is 10.3. The van der Waals surface area contributed by atoms with Gasteiger partial charge in [0.05, 0.1) is 22.9 Å². The van der Waals surface area contributed by atoms with Gasteiger partial charge < -0.3 is 4.90 Å². The molecule has 2 aliphatic heterocycles. The number of carbonyl (C=O) groups excluding carboxylic acids is 1. The van der Waals surface area contributed by atoms with E-state index in [4.69, 9.17) is 0 Å². The first-order chi connectivity index (χ1) is 12.7. The topological polar surface area (TPSA) is 57.5 Å². The molecule has 0 N–H and O–H groups in total. The third kappa shape index (κ3) is 3.01. The minimum atomic E-state index is 0.0641. The zero-order valence-corrected chi connectivity index (χ0v) is 15.9. The molecule has 0 aromatic carbocycles. The van der Waals surface area contributed by atoms with Crippen molar-refractivity contribution in [3.63, 3.8) is 0 Å². The highest BCUT2D eigenvalue weighted by molar-refractivity contribution is 7.11. The second-order valence-corrected chi connectivity index (χ2v) is 8.80. The second-order valence-electron chi connectivity index (χ2n) is 7.65. The minimum Gasteiger partial charge on any atom is -0.326 e. The maximum atomic E-state index is 12.1. The number of hydrogen-bond donors (Lipinski definition) is 0. The molecular weight excluding hydrogens is 348 g/mol. The Balaban J connectivity index is 1.21. The summed E-state index contributed by atoms with van der Waals surface area (Å²) in [4.78, 5) is 24.2. The SMILES string of the molecule is CN1CCN(c2cnn(C3CCN(Cc4cnc(C5CC5)s4)C3)c2)C1=O. The smallest absolute Gasteiger partial charge is 0.324 e. The summed E-state index contributed by atoms with van der Waals surface area (Å²) in [5.41, 5.74) is 0.911. The second kappa shape index (κ2) is 6.35. The third-order valence-electron chi connectivity index (χ3n) is 5.62. The molecule has 3 aliphatic rings. The van der Waals surface area contributed by atoms with E-state index >= 15 is 0 Å². The van der Waals surface area contributed by atoms with Crippen molar-refractivity contribution in [1.29, 1.82) is 0 Å². The van der Waals surface area contributed by atoms with Crippen LogP contribution in [0.1, 0.15) is 41.1 Å². The van der Waals surface area contributed by atoms with Gasteiger partial charge in [0, 0.05) is 63.0 Å². The van der Waals surface area contributed by atoms with E-state index in [1.165, 1.54) is 22.7 Å². The van der Waals surface area contributed by atoms with Crippen LogP contribution in [0.15, 0.2) is 18.6 Å². The van der Waals surface area contributed by atoms with Crippen LogP contribution in [0.4, 0.5) is 10.5 Å². The predicted molar refractivity (Wildman–Crippen MR) is 101 cm³/mol. The van der Waals surface area contributed by atoms with Crippen molar-refractivity contribution >= 4 is 23.1 Å². The lowest BCUT2D eigenvalue weighted by molar-refractivity contribution is 0.229. The molecule has 2 aromatic heterocycles. The number of amides is 2. The molecule has 1 aliphatic carbocycles. The van der Waals surface area contributed by atoms with Crippen molar-refractivity contribution in [2.24, 2.45) is 0 Å². The average molecular weight is 372 g/mol. The molecular formula is C18H24N6OS. The fourth-order valence-electron chi connectivity index (χ4n) is 3.86. The fourth-order valence-corrected chi connectivity index (χ4v) is 4.99. The minimum absolute atomic E-state index is 0.0641. The van der Waals surface area contributed by atoms with Crippen LogP contribution in [-0.4, -0.2) is 63.8 Å². The summed E-state index contributed by atoms with van der Waals surface area (Å²) in [5.74, 6) is 0.745. The first-order valence-corrected chi connectivity index (χ1v) is 10.2. The fraction of sp³-hybridized carbons (Fsp3) is 0.611. The lowest BCUT2D eigenvalue weighted by Gasteiger charge is -2.15. The summed E-state index contributed by atoms with van der Waals surface area (Å²) < 4.78 is 2.04. The van der Waals surface area contributed by atoms with Crippen molar-refractivity contribution in [2.45, 2.75) is 37.8 Å². The molecule has 8 heteroatoms. The number of aromatic nitrogens is 3. The number of hydrogen-bond acceptors (Lipinski definition) is 5. The first-order valence-electron chi connectivity index (χ1n) is 9.41. The Kier molecular flexibility index (Phi) is 3.97. The maximum absolute atomic E-state index is 12.1. The Morgan fingerprint density at radius 3 is 2.85 bits per heavy atom. The van der Waals surface area contributed by atoms with Gasteiger partial charge in [-0.05, 0) is 19.3 Å². The summed E-state index contributed by atoms with van der Waals surface area (Å²) in [7, 11) is 1.84. The highest BCUT2D eigenvalue weighted by Gasteiger charge is 2.30. The molecule has 0 radical (unpaired) electrons. The summed E-state index contributed by atoms with van der Waals surface area (Å²) in [6.07, 6.45) is 9.65. The van der Waals surface area contributed by atoms with Crippen molar-refractivity contribution in [3.05, 3.63) is 28.5 Å². The van der Waals surface area contributed by atoms with Crippen molar-refractivity contribution in [2.75, 3.05) is 38.1 Å². The third-order valence-corrected chi connectivity index (χ3v) is 6.76. The van der Waals surface area contributed by atoms with E-state index in [2.05, 4.69) is 21.2 Å². The normalized spacial score (nSPS) is 24.2. The van der Waals surface area contributed by atoms with Crippen LogP contribution in [0.5, 0.6) is 0 Å². The zero-order valence-electron chi connectivity index (χ0n) is 15.0. The predicted octanol–water partition coefficient (Wildman–Crippen LogP) is 2.54. The van der Waals surface area contributed by atoms with Gasteiger partial charge in [0.1, 0.15) is 0 Å². The summed E-state index contributed by atoms with van der Waals surface area (Å²) in [6, 6.07) is 0.448. The van der Waals surface area contributed by atoms with Crippen LogP contribution in [-0.2, 0) is 6.54 Å². The Morgan fingerprint density at radius 2 is 2.08 bits per heavy atom. The van der Waals surface area contributed by atoms with Gasteiger partial charge >= 0.3 is 6.03 Å². The molecule has 2 aromatic rings. The maximum Gasteiger partial charge on any atom is 0.324 e. The molecule has 7 nitrogen and oxygen atoms in total. The Morgan fingerprint density at radius 1 is 1.19 bits per heavy atom. The highest BCUT2D eigenvalue weighted by atomic mass is 32.1. The quantitative estimate of drug-likeness (QED) is 0.809. The Bertz CT molecular complexity index is 812. The molecule has 4 heterocycles. The van der Waals surface area contributed by atoms with Gasteiger partial charge in [0.15, 0.2) is 0 Å². The van der Waals surface area contributed by atoms with Gasteiger partial charge in [-0.25, -0.2) is 9.78 Å². The first kappa shape index (κ1) is 16.3. The standard InChI is InChI=1S/C18H24N6OS/c1-21-6-7-23(18(21)25)15-8-20-24(11-15)14-4-5-22(10-14)12-16-9-19-17(26-16)13-2-3-13/h8-9,11,13-14H,2-7,10,12H2,1H3. The number of rotatable bonds is 5. The summed E-state index contributed by atoms with van der Waals surface area (Å²) >= 11 is 1.88. The number of carbonyl (C=O) groups is 1. The van der Waals surface area contributed by atoms with Crippen LogP contribution in [0, 0.1) is 0 Å². The lowest BCUT2D eigenvalue weighted by Crippen LogP contribution is -2.28. The van der Waals surface area contributed by atoms with Crippen LogP contribution < -0.4 is 4.90 Å². The zero-order chi connectivity index (χ0) is 17.7. The van der Waals surface area contributed by atoms with Gasteiger partial charge in [0.25, 0.3) is 0 Å². The van der Waals surface area contributed by atoms with Crippen molar-refractivity contribution in [3.8, 4) is 0 Å². The summed E-state index contributed by atoms with van der Waals surface area (Å²) in [6.45, 7) is 4.60. The number of thiazole rings is 1. The van der Waals surface area contributed by atoms with Gasteiger partial charge in [-0.3, -0.25) is 14.5 Å². The monoisotopic (exact) mass is 372 g/mol. The average Bonchev–Trinajstić information content (AvgIpc) is 3.03. The van der Waals surface area contributed by atoms with E-state index in [0.717, 1.165) is 50.7 Å². The molecule has 2 saturated heterocycles.